The van der Waals surface area contributed by atoms with Crippen molar-refractivity contribution in [3.05, 3.63) is 0 Å². The minimum atomic E-state index is -3.92. The van der Waals surface area contributed by atoms with Crippen molar-refractivity contribution in [2.75, 3.05) is 0 Å². The first-order valence-corrected chi connectivity index (χ1v) is 12.5. The van der Waals surface area contributed by atoms with Crippen molar-refractivity contribution in [1.29, 1.82) is 0 Å². The maximum atomic E-state index is 11.6. The fourth-order valence-corrected chi connectivity index (χ4v) is 4.40. The summed E-state index contributed by atoms with van der Waals surface area (Å²) in [7, 11) is -3.92. The Labute approximate surface area is 162 Å². The molecule has 0 saturated carbocycles. The van der Waals surface area contributed by atoms with Gasteiger partial charge in [-0.2, -0.15) is 8.42 Å². The van der Waals surface area contributed by atoms with Gasteiger partial charge in [-0.25, -0.2) is 0 Å². The molecule has 0 heterocycles. The van der Waals surface area contributed by atoms with Crippen molar-refractivity contribution in [2.24, 2.45) is 0 Å². The number of rotatable bonds is 19. The molecule has 158 valence electrons. The first-order valence-electron chi connectivity index (χ1n) is 11.0. The van der Waals surface area contributed by atoms with E-state index in [0.717, 1.165) is 44.9 Å². The average Bonchev–Trinajstić information content (AvgIpc) is 2.56. The number of unbranched alkanes of at least 4 members (excludes halogenated alkanes) is 12. The first-order chi connectivity index (χ1) is 12.4. The lowest BCUT2D eigenvalue weighted by atomic mass is 10.0. The van der Waals surface area contributed by atoms with E-state index in [1.165, 1.54) is 51.4 Å². The Kier molecular flexibility index (Phi) is 16.9. The summed E-state index contributed by atoms with van der Waals surface area (Å²) in [6.07, 6.45) is 17.8. The topological polar surface area (TPSA) is 74.6 Å². The molecule has 2 unspecified atom stereocenters. The van der Waals surface area contributed by atoms with Crippen LogP contribution in [-0.2, 0) is 10.1 Å². The third-order valence-corrected chi connectivity index (χ3v) is 6.51. The molecule has 0 aromatic rings. The zero-order chi connectivity index (χ0) is 19.7. The van der Waals surface area contributed by atoms with Gasteiger partial charge in [-0.05, 0) is 26.2 Å². The lowest BCUT2D eigenvalue weighted by Gasteiger charge is -2.14. The Hall–Kier alpha value is -0.130. The van der Waals surface area contributed by atoms with Gasteiger partial charge >= 0.3 is 0 Å². The second-order valence-electron chi connectivity index (χ2n) is 7.95. The van der Waals surface area contributed by atoms with Gasteiger partial charge in [-0.3, -0.25) is 4.55 Å². The van der Waals surface area contributed by atoms with Gasteiger partial charge in [-0.15, -0.1) is 0 Å². The Morgan fingerprint density at radius 2 is 1.00 bits per heavy atom. The molecule has 0 bridgehead atoms. The van der Waals surface area contributed by atoms with Crippen molar-refractivity contribution in [3.63, 3.8) is 0 Å². The molecule has 0 spiro atoms. The molecule has 0 aliphatic heterocycles. The lowest BCUT2D eigenvalue weighted by Crippen LogP contribution is -2.20. The molecule has 4 nitrogen and oxygen atoms in total. The maximum absolute atomic E-state index is 11.6. The highest BCUT2D eigenvalue weighted by atomic mass is 32.2. The standard InChI is InChI=1S/C21H44O4S/c1-3-4-5-6-7-8-9-10-11-15-18-21(26(23,24)25)19-16-13-12-14-17-20(2)22/h20-22H,3-19H2,1-2H3,(H,23,24,25). The highest BCUT2D eigenvalue weighted by Gasteiger charge is 2.21. The molecule has 5 heteroatoms. The van der Waals surface area contributed by atoms with Crippen molar-refractivity contribution < 1.29 is 18.1 Å². The second kappa shape index (κ2) is 17.0. The summed E-state index contributed by atoms with van der Waals surface area (Å²) >= 11 is 0. The van der Waals surface area contributed by atoms with E-state index in [1.54, 1.807) is 6.92 Å². The van der Waals surface area contributed by atoms with Gasteiger partial charge in [0.05, 0.1) is 11.4 Å². The van der Waals surface area contributed by atoms with Crippen LogP contribution in [0.15, 0.2) is 0 Å². The van der Waals surface area contributed by atoms with E-state index < -0.39 is 15.4 Å². The van der Waals surface area contributed by atoms with Crippen molar-refractivity contribution in [1.82, 2.24) is 0 Å². The van der Waals surface area contributed by atoms with Crippen LogP contribution in [-0.4, -0.2) is 29.4 Å². The molecule has 0 aromatic heterocycles. The number of aliphatic hydroxyl groups excluding tert-OH is 1. The molecule has 0 saturated heterocycles. The third-order valence-electron chi connectivity index (χ3n) is 5.20. The zero-order valence-electron chi connectivity index (χ0n) is 17.3. The van der Waals surface area contributed by atoms with Crippen LogP contribution in [0.5, 0.6) is 0 Å². The van der Waals surface area contributed by atoms with E-state index in [1.807, 2.05) is 0 Å². The molecule has 0 fully saturated rings. The van der Waals surface area contributed by atoms with Crippen molar-refractivity contribution in [3.8, 4) is 0 Å². The fraction of sp³-hybridized carbons (Fsp3) is 1.00. The average molecular weight is 393 g/mol. The molecule has 2 N–H and O–H groups in total. The van der Waals surface area contributed by atoms with Crippen molar-refractivity contribution >= 4 is 10.1 Å². The highest BCUT2D eigenvalue weighted by Crippen LogP contribution is 2.19. The summed E-state index contributed by atoms with van der Waals surface area (Å²) in [4.78, 5) is 0. The van der Waals surface area contributed by atoms with Crippen LogP contribution >= 0.6 is 0 Å². The number of aliphatic hydroxyl groups is 1. The summed E-state index contributed by atoms with van der Waals surface area (Å²) in [5.74, 6) is 0. The molecule has 0 aliphatic rings. The molecular formula is C21H44O4S. The van der Waals surface area contributed by atoms with Gasteiger partial charge in [0.25, 0.3) is 10.1 Å². The quantitative estimate of drug-likeness (QED) is 0.200. The molecule has 0 rings (SSSR count). The van der Waals surface area contributed by atoms with Crippen LogP contribution < -0.4 is 0 Å². The maximum Gasteiger partial charge on any atom is 0.267 e. The Balaban J connectivity index is 3.70. The third kappa shape index (κ3) is 17.3. The van der Waals surface area contributed by atoms with E-state index in [4.69, 9.17) is 0 Å². The smallest absolute Gasteiger partial charge is 0.267 e. The number of hydrogen-bond donors (Lipinski definition) is 2. The largest absolute Gasteiger partial charge is 0.393 e. The molecule has 0 amide bonds. The SMILES string of the molecule is CCCCCCCCCCCCC(CCCCCCC(C)O)S(=O)(=O)O. The molecule has 0 aliphatic carbocycles. The summed E-state index contributed by atoms with van der Waals surface area (Å²) in [5.41, 5.74) is 0. The zero-order valence-corrected chi connectivity index (χ0v) is 18.1. The number of hydrogen-bond acceptors (Lipinski definition) is 3. The lowest BCUT2D eigenvalue weighted by molar-refractivity contribution is 0.180. The van der Waals surface area contributed by atoms with Crippen LogP contribution in [0.1, 0.15) is 123 Å². The van der Waals surface area contributed by atoms with E-state index in [2.05, 4.69) is 6.92 Å². The van der Waals surface area contributed by atoms with Crippen LogP contribution in [0.2, 0.25) is 0 Å². The van der Waals surface area contributed by atoms with Gasteiger partial charge in [0, 0.05) is 0 Å². The molecular weight excluding hydrogens is 348 g/mol. The molecule has 0 aromatic carbocycles. The van der Waals surface area contributed by atoms with Crippen LogP contribution in [0.25, 0.3) is 0 Å². The summed E-state index contributed by atoms with van der Waals surface area (Å²) < 4.78 is 32.5. The van der Waals surface area contributed by atoms with E-state index in [-0.39, 0.29) is 6.10 Å². The molecule has 26 heavy (non-hydrogen) atoms. The first kappa shape index (κ1) is 25.9. The van der Waals surface area contributed by atoms with E-state index >= 15 is 0 Å². The normalized spacial score (nSPS) is 14.5. The van der Waals surface area contributed by atoms with E-state index in [9.17, 15) is 18.1 Å². The van der Waals surface area contributed by atoms with Gasteiger partial charge in [0.2, 0.25) is 0 Å². The minimum absolute atomic E-state index is 0.253. The fourth-order valence-electron chi connectivity index (χ4n) is 3.47. The molecule has 2 atom stereocenters. The summed E-state index contributed by atoms with van der Waals surface area (Å²) in [5, 5.41) is 8.62. The Morgan fingerprint density at radius 3 is 1.35 bits per heavy atom. The predicted octanol–water partition coefficient (Wildman–Crippen LogP) is 6.28. The Bertz CT molecular complexity index is 393. The minimum Gasteiger partial charge on any atom is -0.393 e. The molecule has 0 radical (unpaired) electrons. The van der Waals surface area contributed by atoms with Crippen LogP contribution in [0, 0.1) is 0 Å². The predicted molar refractivity (Wildman–Crippen MR) is 111 cm³/mol. The van der Waals surface area contributed by atoms with E-state index in [0.29, 0.717) is 12.8 Å². The van der Waals surface area contributed by atoms with Crippen molar-refractivity contribution in [2.45, 2.75) is 134 Å². The van der Waals surface area contributed by atoms with Gasteiger partial charge in [-0.1, -0.05) is 96.8 Å². The summed E-state index contributed by atoms with van der Waals surface area (Å²) in [6.45, 7) is 4.03. The van der Waals surface area contributed by atoms with Crippen LogP contribution in [0.4, 0.5) is 0 Å². The van der Waals surface area contributed by atoms with Crippen LogP contribution in [0.3, 0.4) is 0 Å². The highest BCUT2D eigenvalue weighted by molar-refractivity contribution is 7.86. The van der Waals surface area contributed by atoms with Gasteiger partial charge < -0.3 is 5.11 Å². The monoisotopic (exact) mass is 392 g/mol. The second-order valence-corrected chi connectivity index (χ2v) is 9.64. The van der Waals surface area contributed by atoms with Gasteiger partial charge in [0.15, 0.2) is 0 Å². The van der Waals surface area contributed by atoms with Gasteiger partial charge in [0.1, 0.15) is 0 Å². The summed E-state index contributed by atoms with van der Waals surface area (Å²) in [6, 6.07) is 0. The Morgan fingerprint density at radius 1 is 0.654 bits per heavy atom.